The average molecular weight is 224 g/mol. The van der Waals surface area contributed by atoms with E-state index < -0.39 is 0 Å². The lowest BCUT2D eigenvalue weighted by Crippen LogP contribution is -2.23. The normalized spacial score (nSPS) is 23.8. The molecule has 0 saturated carbocycles. The Kier molecular flexibility index (Phi) is 2.78. The summed E-state index contributed by atoms with van der Waals surface area (Å²) in [7, 11) is 0. The molecule has 3 aliphatic rings. The highest BCUT2D eigenvalue weighted by molar-refractivity contribution is 6.00. The maximum atomic E-state index is 4.54. The van der Waals surface area contributed by atoms with Gasteiger partial charge in [-0.2, -0.15) is 0 Å². The SMILES string of the molecule is C1=CC(/C=C(/C2=NCCN2)C2C=CC=C2)C=C1. The first-order valence-corrected chi connectivity index (χ1v) is 6.14. The minimum absolute atomic E-state index is 0.377. The lowest BCUT2D eigenvalue weighted by atomic mass is 9.95. The fraction of sp³-hybridized carbons (Fsp3) is 0.267. The Balaban J connectivity index is 1.89. The summed E-state index contributed by atoms with van der Waals surface area (Å²) in [6.45, 7) is 1.85. The van der Waals surface area contributed by atoms with Crippen molar-refractivity contribution in [1.29, 1.82) is 0 Å². The maximum absolute atomic E-state index is 4.54. The predicted octanol–water partition coefficient (Wildman–Crippen LogP) is 2.40. The number of allylic oxidation sites excluding steroid dienone is 9. The number of rotatable bonds is 3. The molecule has 0 saturated heterocycles. The van der Waals surface area contributed by atoms with Crippen molar-refractivity contribution in [3.05, 3.63) is 60.3 Å². The van der Waals surface area contributed by atoms with E-state index in [0.29, 0.717) is 11.8 Å². The molecule has 2 nitrogen and oxygen atoms in total. The van der Waals surface area contributed by atoms with Crippen molar-refractivity contribution < 1.29 is 0 Å². The molecule has 0 aromatic carbocycles. The highest BCUT2D eigenvalue weighted by Gasteiger charge is 2.19. The molecule has 3 rings (SSSR count). The quantitative estimate of drug-likeness (QED) is 0.782. The van der Waals surface area contributed by atoms with Crippen molar-refractivity contribution in [3.63, 3.8) is 0 Å². The molecule has 0 bridgehead atoms. The third-order valence-corrected chi connectivity index (χ3v) is 3.20. The van der Waals surface area contributed by atoms with Crippen LogP contribution in [0.4, 0.5) is 0 Å². The van der Waals surface area contributed by atoms with E-state index in [2.05, 4.69) is 65.0 Å². The summed E-state index contributed by atoms with van der Waals surface area (Å²) in [6, 6.07) is 0. The van der Waals surface area contributed by atoms with E-state index in [1.54, 1.807) is 0 Å². The monoisotopic (exact) mass is 224 g/mol. The van der Waals surface area contributed by atoms with E-state index in [9.17, 15) is 0 Å². The second kappa shape index (κ2) is 4.58. The van der Waals surface area contributed by atoms with Crippen LogP contribution >= 0.6 is 0 Å². The van der Waals surface area contributed by atoms with Crippen LogP contribution in [0.2, 0.25) is 0 Å². The summed E-state index contributed by atoms with van der Waals surface area (Å²) >= 11 is 0. The van der Waals surface area contributed by atoms with Crippen LogP contribution in [0.3, 0.4) is 0 Å². The number of aliphatic imine (C=N–C) groups is 1. The van der Waals surface area contributed by atoms with E-state index in [4.69, 9.17) is 0 Å². The van der Waals surface area contributed by atoms with Crippen molar-refractivity contribution >= 4 is 5.84 Å². The van der Waals surface area contributed by atoms with E-state index in [-0.39, 0.29) is 0 Å². The van der Waals surface area contributed by atoms with Gasteiger partial charge in [0.15, 0.2) is 0 Å². The Morgan fingerprint density at radius 3 is 2.47 bits per heavy atom. The molecule has 1 heterocycles. The highest BCUT2D eigenvalue weighted by Crippen LogP contribution is 2.24. The zero-order valence-corrected chi connectivity index (χ0v) is 9.71. The summed E-state index contributed by atoms with van der Waals surface area (Å²) in [6.07, 6.45) is 19.6. The molecule has 86 valence electrons. The van der Waals surface area contributed by atoms with E-state index in [0.717, 1.165) is 18.9 Å². The molecule has 2 heteroatoms. The van der Waals surface area contributed by atoms with Gasteiger partial charge in [0.05, 0.1) is 6.54 Å². The fourth-order valence-electron chi connectivity index (χ4n) is 2.35. The Hall–Kier alpha value is -1.83. The largest absolute Gasteiger partial charge is 0.368 e. The number of hydrogen-bond donors (Lipinski definition) is 1. The molecule has 0 amide bonds. The Labute approximate surface area is 102 Å². The molecule has 1 aliphatic heterocycles. The fourth-order valence-corrected chi connectivity index (χ4v) is 2.35. The first-order valence-electron chi connectivity index (χ1n) is 6.14. The Morgan fingerprint density at radius 1 is 1.12 bits per heavy atom. The molecule has 0 atom stereocenters. The molecular weight excluding hydrogens is 208 g/mol. The first kappa shape index (κ1) is 10.3. The minimum atomic E-state index is 0.377. The summed E-state index contributed by atoms with van der Waals surface area (Å²) < 4.78 is 0. The van der Waals surface area contributed by atoms with Crippen LogP contribution in [0, 0.1) is 11.8 Å². The topological polar surface area (TPSA) is 24.4 Å². The van der Waals surface area contributed by atoms with Crippen LogP contribution in [-0.2, 0) is 0 Å². The van der Waals surface area contributed by atoms with Gasteiger partial charge in [-0.1, -0.05) is 54.7 Å². The van der Waals surface area contributed by atoms with E-state index in [1.165, 1.54) is 5.57 Å². The van der Waals surface area contributed by atoms with Gasteiger partial charge in [-0.05, 0) is 0 Å². The van der Waals surface area contributed by atoms with Crippen LogP contribution in [-0.4, -0.2) is 18.9 Å². The third kappa shape index (κ3) is 2.16. The molecule has 2 aliphatic carbocycles. The van der Waals surface area contributed by atoms with E-state index >= 15 is 0 Å². The Bertz CT molecular complexity index is 451. The zero-order chi connectivity index (χ0) is 11.5. The van der Waals surface area contributed by atoms with Crippen LogP contribution < -0.4 is 5.32 Å². The van der Waals surface area contributed by atoms with Crippen molar-refractivity contribution in [2.24, 2.45) is 16.8 Å². The van der Waals surface area contributed by atoms with Gasteiger partial charge in [0.2, 0.25) is 0 Å². The van der Waals surface area contributed by atoms with Gasteiger partial charge >= 0.3 is 0 Å². The van der Waals surface area contributed by atoms with Gasteiger partial charge in [-0.25, -0.2) is 0 Å². The number of hydrogen-bond acceptors (Lipinski definition) is 2. The van der Waals surface area contributed by atoms with Crippen LogP contribution in [0.5, 0.6) is 0 Å². The van der Waals surface area contributed by atoms with Gasteiger partial charge in [0.1, 0.15) is 5.84 Å². The second-order valence-corrected chi connectivity index (χ2v) is 4.42. The lowest BCUT2D eigenvalue weighted by Gasteiger charge is -2.14. The van der Waals surface area contributed by atoms with Crippen molar-refractivity contribution in [1.82, 2.24) is 5.32 Å². The van der Waals surface area contributed by atoms with Crippen LogP contribution in [0.25, 0.3) is 0 Å². The smallest absolute Gasteiger partial charge is 0.124 e. The van der Waals surface area contributed by atoms with Gasteiger partial charge in [0.25, 0.3) is 0 Å². The van der Waals surface area contributed by atoms with Crippen molar-refractivity contribution in [3.8, 4) is 0 Å². The highest BCUT2D eigenvalue weighted by atomic mass is 15.1. The van der Waals surface area contributed by atoms with Gasteiger partial charge < -0.3 is 5.32 Å². The zero-order valence-electron chi connectivity index (χ0n) is 9.71. The summed E-state index contributed by atoms with van der Waals surface area (Å²) in [4.78, 5) is 4.54. The third-order valence-electron chi connectivity index (χ3n) is 3.20. The first-order chi connectivity index (χ1) is 8.43. The second-order valence-electron chi connectivity index (χ2n) is 4.42. The van der Waals surface area contributed by atoms with Gasteiger partial charge in [-0.15, -0.1) is 0 Å². The molecule has 0 radical (unpaired) electrons. The predicted molar refractivity (Wildman–Crippen MR) is 71.9 cm³/mol. The standard InChI is InChI=1S/C15H16N2/c1-2-6-12(5-1)11-14(13-7-3-4-8-13)15-16-9-10-17-15/h1-8,11-13H,9-10H2,(H,16,17)/b14-11+. The molecular formula is C15H16N2. The average Bonchev–Trinajstić information content (AvgIpc) is 3.09. The summed E-state index contributed by atoms with van der Waals surface area (Å²) in [5, 5.41) is 3.37. The molecule has 17 heavy (non-hydrogen) atoms. The molecule has 0 fully saturated rings. The number of nitrogens with zero attached hydrogens (tertiary/aromatic N) is 1. The molecule has 0 spiro atoms. The summed E-state index contributed by atoms with van der Waals surface area (Å²) in [5.41, 5.74) is 1.30. The molecule has 0 aromatic rings. The van der Waals surface area contributed by atoms with Gasteiger partial charge in [-0.3, -0.25) is 4.99 Å². The number of amidine groups is 1. The Morgan fingerprint density at radius 2 is 1.82 bits per heavy atom. The van der Waals surface area contributed by atoms with Crippen molar-refractivity contribution in [2.45, 2.75) is 0 Å². The van der Waals surface area contributed by atoms with E-state index in [1.807, 2.05) is 0 Å². The van der Waals surface area contributed by atoms with Crippen LogP contribution in [0.15, 0.2) is 65.2 Å². The molecule has 1 N–H and O–H groups in total. The maximum Gasteiger partial charge on any atom is 0.124 e. The van der Waals surface area contributed by atoms with Crippen molar-refractivity contribution in [2.75, 3.05) is 13.1 Å². The number of nitrogens with one attached hydrogen (secondary N) is 1. The molecule has 0 aromatic heterocycles. The van der Waals surface area contributed by atoms with Gasteiger partial charge in [0, 0.05) is 24.0 Å². The van der Waals surface area contributed by atoms with Crippen LogP contribution in [0.1, 0.15) is 0 Å². The lowest BCUT2D eigenvalue weighted by molar-refractivity contribution is 0.938. The molecule has 0 unspecified atom stereocenters. The summed E-state index contributed by atoms with van der Waals surface area (Å²) in [5.74, 6) is 1.86. The minimum Gasteiger partial charge on any atom is -0.368 e.